The third-order valence-corrected chi connectivity index (χ3v) is 3.14. The molecule has 1 nitrogen and oxygen atoms in total. The van der Waals surface area contributed by atoms with Crippen LogP contribution in [0.25, 0.3) is 0 Å². The lowest BCUT2D eigenvalue weighted by molar-refractivity contribution is 0.145. The number of alkyl halides is 3. The van der Waals surface area contributed by atoms with Crippen LogP contribution in [-0.2, 0) is 5.33 Å². The second kappa shape index (κ2) is 4.46. The summed E-state index contributed by atoms with van der Waals surface area (Å²) in [6.07, 6.45) is -1.11. The number of pyridine rings is 1. The van der Waals surface area contributed by atoms with Gasteiger partial charge in [-0.3, -0.25) is 4.98 Å². The molecule has 0 aromatic carbocycles. The van der Waals surface area contributed by atoms with Crippen LogP contribution in [0.4, 0.5) is 8.78 Å². The normalized spacial score (nSPS) is 10.9. The first-order chi connectivity index (χ1) is 6.07. The Kier molecular flexibility index (Phi) is 3.79. The maximum absolute atomic E-state index is 12.4. The second-order valence-corrected chi connectivity index (χ2v) is 3.94. The molecule has 1 aromatic rings. The predicted octanol–water partition coefficient (Wildman–Crippen LogP) is 3.99. The summed E-state index contributed by atoms with van der Waals surface area (Å²) in [7, 11) is 0. The zero-order chi connectivity index (χ0) is 10.0. The molecule has 0 radical (unpaired) electrons. The summed E-state index contributed by atoms with van der Waals surface area (Å²) in [5.74, 6) is 0. The summed E-state index contributed by atoms with van der Waals surface area (Å²) in [5.41, 5.74) is 1.23. The van der Waals surface area contributed by atoms with Gasteiger partial charge < -0.3 is 0 Å². The molecule has 0 atom stereocenters. The molecule has 0 N–H and O–H groups in total. The molecule has 0 aliphatic rings. The summed E-state index contributed by atoms with van der Waals surface area (Å²) in [6.45, 7) is 1.79. The van der Waals surface area contributed by atoms with E-state index in [0.717, 1.165) is 10.0 Å². The van der Waals surface area contributed by atoms with Crippen molar-refractivity contribution < 1.29 is 8.78 Å². The third-order valence-electron chi connectivity index (χ3n) is 1.78. The molecule has 0 unspecified atom stereocenters. The van der Waals surface area contributed by atoms with Crippen molar-refractivity contribution in [3.05, 3.63) is 27.5 Å². The molecule has 0 saturated heterocycles. The molecule has 5 heteroatoms. The van der Waals surface area contributed by atoms with E-state index in [0.29, 0.717) is 10.9 Å². The maximum atomic E-state index is 12.4. The molecule has 1 rings (SSSR count). The molecule has 0 bridgehead atoms. The van der Waals surface area contributed by atoms with Gasteiger partial charge in [-0.1, -0.05) is 15.9 Å². The number of hydrogen-bond donors (Lipinski definition) is 0. The van der Waals surface area contributed by atoms with Crippen LogP contribution in [-0.4, -0.2) is 4.98 Å². The van der Waals surface area contributed by atoms with Crippen LogP contribution >= 0.6 is 31.9 Å². The van der Waals surface area contributed by atoms with Crippen molar-refractivity contribution in [1.29, 1.82) is 0 Å². The summed E-state index contributed by atoms with van der Waals surface area (Å²) in [4.78, 5) is 3.68. The van der Waals surface area contributed by atoms with Crippen LogP contribution in [0, 0.1) is 6.92 Å². The molecule has 0 amide bonds. The summed E-state index contributed by atoms with van der Waals surface area (Å²) >= 11 is 6.41. The molecule has 13 heavy (non-hydrogen) atoms. The molecule has 0 fully saturated rings. The van der Waals surface area contributed by atoms with Crippen molar-refractivity contribution >= 4 is 31.9 Å². The topological polar surface area (TPSA) is 12.9 Å². The van der Waals surface area contributed by atoms with Crippen LogP contribution in [0.3, 0.4) is 0 Å². The molecular formula is C8H7Br2F2N. The fraction of sp³-hybridized carbons (Fsp3) is 0.375. The Morgan fingerprint density at radius 3 is 2.62 bits per heavy atom. The third kappa shape index (κ3) is 2.26. The van der Waals surface area contributed by atoms with E-state index < -0.39 is 6.43 Å². The Labute approximate surface area is 91.8 Å². The van der Waals surface area contributed by atoms with Crippen molar-refractivity contribution in [2.75, 3.05) is 0 Å². The van der Waals surface area contributed by atoms with Gasteiger partial charge in [0.2, 0.25) is 0 Å². The molecule has 0 aliphatic carbocycles. The predicted molar refractivity (Wildman–Crippen MR) is 54.3 cm³/mol. The van der Waals surface area contributed by atoms with Gasteiger partial charge in [-0.05, 0) is 34.0 Å². The molecule has 0 aliphatic heterocycles. The van der Waals surface area contributed by atoms with E-state index in [1.54, 1.807) is 6.92 Å². The highest BCUT2D eigenvalue weighted by Gasteiger charge is 2.16. The minimum Gasteiger partial charge on any atom is -0.254 e. The van der Waals surface area contributed by atoms with Gasteiger partial charge in [0.1, 0.15) is 5.69 Å². The number of rotatable bonds is 2. The van der Waals surface area contributed by atoms with Crippen molar-refractivity contribution in [3.8, 4) is 0 Å². The minimum absolute atomic E-state index is 0.141. The van der Waals surface area contributed by atoms with Gasteiger partial charge in [-0.15, -0.1) is 0 Å². The molecule has 72 valence electrons. The average molecular weight is 315 g/mol. The van der Waals surface area contributed by atoms with Gasteiger partial charge in [0.05, 0.1) is 0 Å². The first-order valence-electron chi connectivity index (χ1n) is 3.56. The van der Waals surface area contributed by atoms with Crippen molar-refractivity contribution in [2.24, 2.45) is 0 Å². The largest absolute Gasteiger partial charge is 0.280 e. The summed E-state index contributed by atoms with van der Waals surface area (Å²) < 4.78 is 25.6. The summed E-state index contributed by atoms with van der Waals surface area (Å²) in [6, 6.07) is 0. The lowest BCUT2D eigenvalue weighted by atomic mass is 10.1. The van der Waals surface area contributed by atoms with E-state index >= 15 is 0 Å². The summed E-state index contributed by atoms with van der Waals surface area (Å²) in [5, 5.41) is 0.394. The van der Waals surface area contributed by atoms with E-state index in [9.17, 15) is 8.78 Å². The highest BCUT2D eigenvalue weighted by Crippen LogP contribution is 2.28. The monoisotopic (exact) mass is 313 g/mol. The first kappa shape index (κ1) is 11.0. The Hall–Kier alpha value is -0.0300. The molecule has 0 spiro atoms. The van der Waals surface area contributed by atoms with Crippen LogP contribution in [0.1, 0.15) is 23.2 Å². The van der Waals surface area contributed by atoms with Gasteiger partial charge in [0.25, 0.3) is 6.43 Å². The Bertz CT molecular complexity index is 315. The second-order valence-electron chi connectivity index (χ2n) is 2.53. The number of aromatic nitrogens is 1. The van der Waals surface area contributed by atoms with Crippen molar-refractivity contribution in [2.45, 2.75) is 18.7 Å². The fourth-order valence-corrected chi connectivity index (χ4v) is 2.04. The van der Waals surface area contributed by atoms with Crippen molar-refractivity contribution in [1.82, 2.24) is 4.98 Å². The number of hydrogen-bond acceptors (Lipinski definition) is 1. The van der Waals surface area contributed by atoms with Gasteiger partial charge in [0.15, 0.2) is 0 Å². The highest BCUT2D eigenvalue weighted by molar-refractivity contribution is 9.10. The van der Waals surface area contributed by atoms with Crippen molar-refractivity contribution in [3.63, 3.8) is 0 Å². The van der Waals surface area contributed by atoms with E-state index in [1.807, 2.05) is 0 Å². The lowest BCUT2D eigenvalue weighted by Crippen LogP contribution is -1.99. The van der Waals surface area contributed by atoms with Crippen LogP contribution in [0.5, 0.6) is 0 Å². The Balaban J connectivity index is 3.30. The smallest absolute Gasteiger partial charge is 0.254 e. The van der Waals surface area contributed by atoms with Gasteiger partial charge >= 0.3 is 0 Å². The van der Waals surface area contributed by atoms with Crippen LogP contribution < -0.4 is 0 Å². The van der Waals surface area contributed by atoms with E-state index in [4.69, 9.17) is 0 Å². The number of halogens is 4. The zero-order valence-electron chi connectivity index (χ0n) is 6.82. The zero-order valence-corrected chi connectivity index (χ0v) is 9.99. The maximum Gasteiger partial charge on any atom is 0.280 e. The number of nitrogens with zero attached hydrogens (tertiary/aromatic N) is 1. The quantitative estimate of drug-likeness (QED) is 0.752. The van der Waals surface area contributed by atoms with Gasteiger partial charge in [-0.25, -0.2) is 8.78 Å². The SMILES string of the molecule is Cc1c(Br)cnc(C(F)F)c1CBr. The molecule has 1 heterocycles. The minimum atomic E-state index is -2.51. The highest BCUT2D eigenvalue weighted by atomic mass is 79.9. The molecule has 1 aromatic heterocycles. The van der Waals surface area contributed by atoms with Gasteiger partial charge in [-0.2, -0.15) is 0 Å². The van der Waals surface area contributed by atoms with Gasteiger partial charge in [0, 0.05) is 16.0 Å². The van der Waals surface area contributed by atoms with E-state index in [-0.39, 0.29) is 5.69 Å². The van der Waals surface area contributed by atoms with E-state index in [2.05, 4.69) is 36.8 Å². The Morgan fingerprint density at radius 1 is 1.54 bits per heavy atom. The Morgan fingerprint density at radius 2 is 2.15 bits per heavy atom. The molecule has 0 saturated carbocycles. The standard InChI is InChI=1S/C8H7Br2F2N/c1-4-5(2-9)7(8(11)12)13-3-6(4)10/h3,8H,2H2,1H3. The average Bonchev–Trinajstić information content (AvgIpc) is 2.09. The first-order valence-corrected chi connectivity index (χ1v) is 5.47. The molecular weight excluding hydrogens is 308 g/mol. The lowest BCUT2D eigenvalue weighted by Gasteiger charge is -2.09. The van der Waals surface area contributed by atoms with E-state index in [1.165, 1.54) is 6.20 Å². The van der Waals surface area contributed by atoms with Crippen LogP contribution in [0.2, 0.25) is 0 Å². The van der Waals surface area contributed by atoms with Crippen LogP contribution in [0.15, 0.2) is 10.7 Å². The fourth-order valence-electron chi connectivity index (χ4n) is 0.994.